The van der Waals surface area contributed by atoms with E-state index in [0.717, 1.165) is 128 Å². The van der Waals surface area contributed by atoms with Crippen molar-refractivity contribution in [3.63, 3.8) is 0 Å². The highest BCUT2D eigenvalue weighted by molar-refractivity contribution is 5.71. The van der Waals surface area contributed by atoms with E-state index < -0.39 is 6.10 Å². The van der Waals surface area contributed by atoms with E-state index in [-0.39, 0.29) is 31.1 Å². The Balaban J connectivity index is 4.36. The zero-order valence-corrected chi connectivity index (χ0v) is 48.6. The molecule has 0 spiro atoms. The average molecular weight is 1030 g/mol. The molecule has 424 valence electrons. The molecule has 6 nitrogen and oxygen atoms in total. The number of carbonyl (C=O) groups excluding carboxylic acids is 3. The topological polar surface area (TPSA) is 78.9 Å². The summed E-state index contributed by atoms with van der Waals surface area (Å²) in [5.41, 5.74) is 0. The predicted octanol–water partition coefficient (Wildman–Crippen LogP) is 21.3. The first kappa shape index (κ1) is 70.3. The lowest BCUT2D eigenvalue weighted by Gasteiger charge is -2.18. The highest BCUT2D eigenvalue weighted by Gasteiger charge is 2.19. The van der Waals surface area contributed by atoms with Crippen LogP contribution in [0.1, 0.15) is 297 Å². The standard InChI is InChI=1S/C68H116O6/c1-4-7-10-13-16-19-22-25-28-29-30-31-32-33-34-35-36-37-38-39-41-43-46-49-52-55-58-61-67(70)73-64-65(63-72-66(69)60-57-54-51-48-45-42-27-24-21-18-15-12-9-6-3)74-68(71)62-59-56-53-50-47-44-40-26-23-20-17-14-11-8-5-2/h7,10,16,19,24-25,27-28,30-31,33-34,36-37,39,41,65H,4-6,8-9,11-15,17-18,20-23,26,29,32,35,38,40,42-64H2,1-3H3/b10-7-,19-16-,27-24-,28-25-,31-30-,34-33-,37-36-,41-39-. The SMILES string of the molecule is CC/C=C\C/C=C\C/C=C\C/C=C\C/C=C\C/C=C\C/C=C\CCCCCCCC(=O)OCC(COC(=O)CCCCCCC/C=C\CCCCCCC)OC(=O)CCCCCCCCCCCCCCCCC. The maximum Gasteiger partial charge on any atom is 0.306 e. The summed E-state index contributed by atoms with van der Waals surface area (Å²) in [6.45, 7) is 6.52. The highest BCUT2D eigenvalue weighted by atomic mass is 16.6. The van der Waals surface area contributed by atoms with Crippen molar-refractivity contribution in [2.24, 2.45) is 0 Å². The number of hydrogen-bond donors (Lipinski definition) is 0. The molecule has 0 aliphatic rings. The van der Waals surface area contributed by atoms with Crippen molar-refractivity contribution in [1.29, 1.82) is 0 Å². The fraction of sp³-hybridized carbons (Fsp3) is 0.721. The van der Waals surface area contributed by atoms with Crippen LogP contribution in [0.25, 0.3) is 0 Å². The third kappa shape index (κ3) is 59.2. The molecule has 0 aliphatic carbocycles. The van der Waals surface area contributed by atoms with Crippen molar-refractivity contribution in [1.82, 2.24) is 0 Å². The zero-order valence-electron chi connectivity index (χ0n) is 48.6. The smallest absolute Gasteiger partial charge is 0.306 e. The molecule has 0 radical (unpaired) electrons. The Bertz CT molecular complexity index is 1460. The van der Waals surface area contributed by atoms with E-state index in [0.29, 0.717) is 19.3 Å². The molecule has 0 saturated heterocycles. The van der Waals surface area contributed by atoms with Crippen LogP contribution in [0.3, 0.4) is 0 Å². The summed E-state index contributed by atoms with van der Waals surface area (Å²) >= 11 is 0. The van der Waals surface area contributed by atoms with Gasteiger partial charge in [0.1, 0.15) is 13.2 Å². The van der Waals surface area contributed by atoms with Crippen LogP contribution in [0.5, 0.6) is 0 Å². The molecule has 0 aliphatic heterocycles. The van der Waals surface area contributed by atoms with E-state index in [9.17, 15) is 14.4 Å². The molecule has 1 atom stereocenters. The van der Waals surface area contributed by atoms with E-state index >= 15 is 0 Å². The van der Waals surface area contributed by atoms with E-state index in [2.05, 4.69) is 118 Å². The molecule has 0 fully saturated rings. The first-order valence-electron chi connectivity index (χ1n) is 31.2. The number of hydrogen-bond acceptors (Lipinski definition) is 6. The monoisotopic (exact) mass is 1030 g/mol. The second-order valence-electron chi connectivity index (χ2n) is 20.6. The molecule has 0 aromatic heterocycles. The van der Waals surface area contributed by atoms with Gasteiger partial charge in [0.2, 0.25) is 0 Å². The second-order valence-corrected chi connectivity index (χ2v) is 20.6. The molecular formula is C68H116O6. The average Bonchev–Trinajstić information content (AvgIpc) is 3.40. The third-order valence-electron chi connectivity index (χ3n) is 13.3. The van der Waals surface area contributed by atoms with E-state index in [1.165, 1.54) is 128 Å². The Morgan fingerprint density at radius 3 is 0.838 bits per heavy atom. The van der Waals surface area contributed by atoms with Crippen molar-refractivity contribution < 1.29 is 28.6 Å². The van der Waals surface area contributed by atoms with Gasteiger partial charge in [-0.2, -0.15) is 0 Å². The Hall–Kier alpha value is -3.67. The first-order chi connectivity index (χ1) is 36.5. The van der Waals surface area contributed by atoms with Crippen LogP contribution in [0.15, 0.2) is 97.2 Å². The Morgan fingerprint density at radius 1 is 0.284 bits per heavy atom. The van der Waals surface area contributed by atoms with Crippen LogP contribution in [0.2, 0.25) is 0 Å². The van der Waals surface area contributed by atoms with Gasteiger partial charge in [-0.1, -0.05) is 272 Å². The Labute approximate surface area is 457 Å². The maximum absolute atomic E-state index is 12.9. The fourth-order valence-electron chi connectivity index (χ4n) is 8.65. The number of esters is 3. The fourth-order valence-corrected chi connectivity index (χ4v) is 8.65. The van der Waals surface area contributed by atoms with Gasteiger partial charge in [0, 0.05) is 19.3 Å². The lowest BCUT2D eigenvalue weighted by atomic mass is 10.0. The summed E-state index contributed by atoms with van der Waals surface area (Å²) in [4.78, 5) is 38.2. The predicted molar refractivity (Wildman–Crippen MR) is 320 cm³/mol. The van der Waals surface area contributed by atoms with Gasteiger partial charge in [0.05, 0.1) is 0 Å². The minimum absolute atomic E-state index is 0.0858. The van der Waals surface area contributed by atoms with Crippen LogP contribution in [0.4, 0.5) is 0 Å². The minimum Gasteiger partial charge on any atom is -0.462 e. The maximum atomic E-state index is 12.9. The lowest BCUT2D eigenvalue weighted by molar-refractivity contribution is -0.167. The van der Waals surface area contributed by atoms with Gasteiger partial charge >= 0.3 is 17.9 Å². The molecule has 74 heavy (non-hydrogen) atoms. The third-order valence-corrected chi connectivity index (χ3v) is 13.3. The molecule has 6 heteroatoms. The quantitative estimate of drug-likeness (QED) is 0.0261. The van der Waals surface area contributed by atoms with Crippen LogP contribution in [0, 0.1) is 0 Å². The molecule has 0 saturated carbocycles. The van der Waals surface area contributed by atoms with Gasteiger partial charge in [-0.15, -0.1) is 0 Å². The molecule has 0 heterocycles. The van der Waals surface area contributed by atoms with Crippen LogP contribution >= 0.6 is 0 Å². The summed E-state index contributed by atoms with van der Waals surface area (Å²) < 4.78 is 16.9. The minimum atomic E-state index is -0.788. The number of rotatable bonds is 56. The van der Waals surface area contributed by atoms with E-state index in [4.69, 9.17) is 14.2 Å². The normalized spacial score (nSPS) is 12.7. The van der Waals surface area contributed by atoms with Gasteiger partial charge in [-0.25, -0.2) is 0 Å². The van der Waals surface area contributed by atoms with Gasteiger partial charge in [0.25, 0.3) is 0 Å². The van der Waals surface area contributed by atoms with Crippen molar-refractivity contribution in [3.05, 3.63) is 97.2 Å². The summed E-state index contributed by atoms with van der Waals surface area (Å²) in [5.74, 6) is -0.904. The lowest BCUT2D eigenvalue weighted by Crippen LogP contribution is -2.30. The van der Waals surface area contributed by atoms with Crippen LogP contribution in [-0.2, 0) is 28.6 Å². The number of carbonyl (C=O) groups is 3. The number of ether oxygens (including phenoxy) is 3. The van der Waals surface area contributed by atoms with Gasteiger partial charge in [0.15, 0.2) is 6.10 Å². The molecule has 0 rings (SSSR count). The molecule has 0 amide bonds. The molecule has 0 bridgehead atoms. The molecular weight excluding hydrogens is 913 g/mol. The van der Waals surface area contributed by atoms with Crippen molar-refractivity contribution in [2.75, 3.05) is 13.2 Å². The van der Waals surface area contributed by atoms with Crippen molar-refractivity contribution >= 4 is 17.9 Å². The summed E-state index contributed by atoms with van der Waals surface area (Å²) in [6, 6.07) is 0. The Morgan fingerprint density at radius 2 is 0.527 bits per heavy atom. The van der Waals surface area contributed by atoms with E-state index in [1.54, 1.807) is 0 Å². The Kier molecular flexibility index (Phi) is 58.8. The largest absolute Gasteiger partial charge is 0.462 e. The molecule has 1 unspecified atom stereocenters. The summed E-state index contributed by atoms with van der Waals surface area (Å²) in [5, 5.41) is 0. The van der Waals surface area contributed by atoms with Gasteiger partial charge < -0.3 is 14.2 Å². The number of unbranched alkanes of at least 4 members (excludes halogenated alkanes) is 29. The van der Waals surface area contributed by atoms with Crippen LogP contribution < -0.4 is 0 Å². The van der Waals surface area contributed by atoms with E-state index in [1.807, 2.05) is 0 Å². The van der Waals surface area contributed by atoms with Crippen molar-refractivity contribution in [2.45, 2.75) is 303 Å². The molecule has 0 aromatic rings. The molecule has 0 N–H and O–H groups in total. The summed E-state index contributed by atoms with van der Waals surface area (Å²) in [6.07, 6.45) is 82.6. The summed E-state index contributed by atoms with van der Waals surface area (Å²) in [7, 11) is 0. The second kappa shape index (κ2) is 61.9. The van der Waals surface area contributed by atoms with Crippen molar-refractivity contribution in [3.8, 4) is 0 Å². The van der Waals surface area contributed by atoms with Gasteiger partial charge in [-0.3, -0.25) is 14.4 Å². The van der Waals surface area contributed by atoms with Crippen LogP contribution in [-0.4, -0.2) is 37.2 Å². The molecule has 0 aromatic carbocycles. The highest BCUT2D eigenvalue weighted by Crippen LogP contribution is 2.16. The first-order valence-corrected chi connectivity index (χ1v) is 31.2. The zero-order chi connectivity index (χ0) is 53.6. The van der Waals surface area contributed by atoms with Gasteiger partial charge in [-0.05, 0) is 103 Å². The number of allylic oxidation sites excluding steroid dienone is 16.